The average Bonchev–Trinajstić information content (AvgIpc) is 2.52. The SMILES string of the molecule is CCO[Si](OCC)(OCC)S(=O)(=O)CCC[Si](OC)(OC)OC. The molecule has 0 aliphatic heterocycles. The molecule has 0 aromatic carbocycles. The quantitative estimate of drug-likeness (QED) is 0.409. The molecule has 23 heavy (non-hydrogen) atoms. The van der Waals surface area contributed by atoms with Gasteiger partial charge in [0.1, 0.15) is 0 Å². The molecule has 0 amide bonds. The molecule has 0 aromatic heterocycles. The molecule has 0 rings (SSSR count). The second-order valence-corrected chi connectivity index (χ2v) is 14.5. The maximum atomic E-state index is 12.8. The zero-order valence-electron chi connectivity index (χ0n) is 14.9. The van der Waals surface area contributed by atoms with E-state index in [2.05, 4.69) is 0 Å². The van der Waals surface area contributed by atoms with Crippen LogP contribution in [0.15, 0.2) is 0 Å². The van der Waals surface area contributed by atoms with Gasteiger partial charge in [0, 0.05) is 47.2 Å². The standard InChI is InChI=1S/C12H30O8SSi2/c1-7-18-23(19-8-2,20-9-3)21(13,14)11-10-12-22(15-4,16-5)17-6/h7-12H2,1-6H3. The summed E-state index contributed by atoms with van der Waals surface area (Å²) in [4.78, 5) is 0. The minimum Gasteiger partial charge on any atom is -0.377 e. The summed E-state index contributed by atoms with van der Waals surface area (Å²) in [6, 6.07) is 0.380. The fourth-order valence-electron chi connectivity index (χ4n) is 2.08. The van der Waals surface area contributed by atoms with E-state index in [1.807, 2.05) is 0 Å². The highest BCUT2D eigenvalue weighted by atomic mass is 32.4. The van der Waals surface area contributed by atoms with Crippen molar-refractivity contribution in [1.29, 1.82) is 0 Å². The molecule has 0 bridgehead atoms. The molecule has 0 spiro atoms. The second kappa shape index (κ2) is 10.9. The van der Waals surface area contributed by atoms with E-state index in [4.69, 9.17) is 26.6 Å². The maximum absolute atomic E-state index is 12.8. The fraction of sp³-hybridized carbons (Fsp3) is 1.00. The smallest absolute Gasteiger partial charge is 0.377 e. The summed E-state index contributed by atoms with van der Waals surface area (Å²) in [6.07, 6.45) is 0.312. The van der Waals surface area contributed by atoms with Crippen LogP contribution in [0.5, 0.6) is 0 Å². The fourth-order valence-corrected chi connectivity index (χ4v) is 10.5. The largest absolute Gasteiger partial charge is 0.634 e. The molecular weight excluding hydrogens is 360 g/mol. The molecule has 0 atom stereocenters. The van der Waals surface area contributed by atoms with E-state index >= 15 is 0 Å². The maximum Gasteiger partial charge on any atom is 0.634 e. The van der Waals surface area contributed by atoms with Crippen LogP contribution < -0.4 is 0 Å². The second-order valence-electron chi connectivity index (χ2n) is 4.52. The van der Waals surface area contributed by atoms with Crippen LogP contribution in [-0.4, -0.2) is 72.1 Å². The minimum absolute atomic E-state index is 0.135. The molecule has 140 valence electrons. The lowest BCUT2D eigenvalue weighted by Crippen LogP contribution is -2.55. The van der Waals surface area contributed by atoms with Crippen LogP contribution in [0.25, 0.3) is 0 Å². The Balaban J connectivity index is 5.11. The average molecular weight is 391 g/mol. The Hall–Kier alpha value is 0.144. The Morgan fingerprint density at radius 2 is 1.17 bits per heavy atom. The van der Waals surface area contributed by atoms with Crippen molar-refractivity contribution in [2.45, 2.75) is 33.2 Å². The molecule has 0 unspecified atom stereocenters. The lowest BCUT2D eigenvalue weighted by molar-refractivity contribution is 0.0930. The number of hydrogen-bond acceptors (Lipinski definition) is 8. The van der Waals surface area contributed by atoms with E-state index < -0.39 is 26.0 Å². The van der Waals surface area contributed by atoms with E-state index in [1.165, 1.54) is 21.3 Å². The minimum atomic E-state index is -3.78. The Bertz CT molecular complexity index is 388. The Morgan fingerprint density at radius 3 is 1.48 bits per heavy atom. The van der Waals surface area contributed by atoms with Crippen LogP contribution in [0.4, 0.5) is 0 Å². The molecule has 0 aromatic rings. The van der Waals surface area contributed by atoms with Gasteiger partial charge in [-0.2, -0.15) is 0 Å². The molecule has 0 radical (unpaired) electrons. The lowest BCUT2D eigenvalue weighted by atomic mass is 10.6. The van der Waals surface area contributed by atoms with Gasteiger partial charge < -0.3 is 26.6 Å². The third-order valence-corrected chi connectivity index (χ3v) is 13.5. The lowest BCUT2D eigenvalue weighted by Gasteiger charge is -2.28. The van der Waals surface area contributed by atoms with Crippen molar-refractivity contribution in [3.8, 4) is 0 Å². The van der Waals surface area contributed by atoms with E-state index in [9.17, 15) is 8.42 Å². The molecule has 0 aliphatic carbocycles. The first-order valence-corrected chi connectivity index (χ1v) is 13.7. The molecular formula is C12H30O8SSi2. The van der Waals surface area contributed by atoms with E-state index in [1.54, 1.807) is 20.8 Å². The highest BCUT2D eigenvalue weighted by Gasteiger charge is 2.56. The summed E-state index contributed by atoms with van der Waals surface area (Å²) in [5.74, 6) is -0.135. The first-order valence-electron chi connectivity index (χ1n) is 7.62. The molecule has 0 heterocycles. The van der Waals surface area contributed by atoms with Gasteiger partial charge >= 0.3 is 16.8 Å². The predicted molar refractivity (Wildman–Crippen MR) is 90.6 cm³/mol. The zero-order valence-corrected chi connectivity index (χ0v) is 17.7. The van der Waals surface area contributed by atoms with Crippen molar-refractivity contribution >= 4 is 26.0 Å². The molecule has 0 fully saturated rings. The molecule has 0 saturated heterocycles. The van der Waals surface area contributed by atoms with Crippen molar-refractivity contribution in [2.24, 2.45) is 0 Å². The van der Waals surface area contributed by atoms with E-state index in [0.29, 0.717) is 12.5 Å². The predicted octanol–water partition coefficient (Wildman–Crippen LogP) is 1.21. The van der Waals surface area contributed by atoms with Gasteiger partial charge in [-0.05, 0) is 27.2 Å². The highest BCUT2D eigenvalue weighted by Crippen LogP contribution is 2.22. The number of rotatable bonds is 14. The Kier molecular flexibility index (Phi) is 11.0. The molecule has 0 saturated carbocycles. The van der Waals surface area contributed by atoms with Crippen molar-refractivity contribution in [1.82, 2.24) is 0 Å². The monoisotopic (exact) mass is 390 g/mol. The van der Waals surface area contributed by atoms with Crippen LogP contribution >= 0.6 is 0 Å². The third kappa shape index (κ3) is 6.18. The normalized spacial score (nSPS) is 13.5. The molecule has 11 heteroatoms. The first-order chi connectivity index (χ1) is 10.8. The Labute approximate surface area is 141 Å². The molecule has 0 aliphatic rings. The van der Waals surface area contributed by atoms with Crippen LogP contribution in [0, 0.1) is 0 Å². The summed E-state index contributed by atoms with van der Waals surface area (Å²) in [7, 11) is -5.80. The van der Waals surface area contributed by atoms with E-state index in [0.717, 1.165) is 0 Å². The van der Waals surface area contributed by atoms with Crippen LogP contribution in [0.3, 0.4) is 0 Å². The van der Waals surface area contributed by atoms with Crippen molar-refractivity contribution in [2.75, 3.05) is 46.9 Å². The molecule has 8 nitrogen and oxygen atoms in total. The summed E-state index contributed by atoms with van der Waals surface area (Å²) < 4.78 is 57.8. The van der Waals surface area contributed by atoms with Crippen LogP contribution in [0.1, 0.15) is 27.2 Å². The summed E-state index contributed by atoms with van der Waals surface area (Å²) >= 11 is 0. The number of hydrogen-bond donors (Lipinski definition) is 0. The zero-order chi connectivity index (χ0) is 18.0. The van der Waals surface area contributed by atoms with Crippen molar-refractivity contribution < 1.29 is 35.0 Å². The van der Waals surface area contributed by atoms with Crippen LogP contribution in [0.2, 0.25) is 6.04 Å². The highest BCUT2D eigenvalue weighted by molar-refractivity contribution is 8.19. The van der Waals surface area contributed by atoms with Gasteiger partial charge in [-0.1, -0.05) is 0 Å². The summed E-state index contributed by atoms with van der Waals surface area (Å²) in [6.45, 7) is 5.77. The van der Waals surface area contributed by atoms with Gasteiger partial charge in [0.25, 0.3) is 0 Å². The first kappa shape index (κ1) is 23.1. The van der Waals surface area contributed by atoms with Crippen molar-refractivity contribution in [3.05, 3.63) is 0 Å². The summed E-state index contributed by atoms with van der Waals surface area (Å²) in [5, 5.41) is 0. The van der Waals surface area contributed by atoms with Crippen molar-refractivity contribution in [3.63, 3.8) is 0 Å². The topological polar surface area (TPSA) is 89.5 Å². The van der Waals surface area contributed by atoms with Crippen LogP contribution in [-0.2, 0) is 35.8 Å². The van der Waals surface area contributed by atoms with Gasteiger partial charge in [-0.3, -0.25) is 0 Å². The summed E-state index contributed by atoms with van der Waals surface area (Å²) in [5.41, 5.74) is 0. The van der Waals surface area contributed by atoms with Gasteiger partial charge in [-0.15, -0.1) is 0 Å². The Morgan fingerprint density at radius 1 is 0.783 bits per heavy atom. The van der Waals surface area contributed by atoms with Gasteiger partial charge in [-0.25, -0.2) is 8.42 Å². The molecule has 0 N–H and O–H groups in total. The van der Waals surface area contributed by atoms with E-state index in [-0.39, 0.29) is 25.6 Å². The van der Waals surface area contributed by atoms with Gasteiger partial charge in [0.05, 0.1) is 5.75 Å². The van der Waals surface area contributed by atoms with Gasteiger partial charge in [0.2, 0.25) is 9.29 Å². The van der Waals surface area contributed by atoms with Gasteiger partial charge in [0.15, 0.2) is 0 Å². The third-order valence-electron chi connectivity index (χ3n) is 3.17.